The molecular weight excluding hydrogens is 354 g/mol. The van der Waals surface area contributed by atoms with Crippen molar-refractivity contribution >= 4 is 11.6 Å². The summed E-state index contributed by atoms with van der Waals surface area (Å²) in [5.41, 5.74) is 3.02. The van der Waals surface area contributed by atoms with Crippen molar-refractivity contribution in [3.05, 3.63) is 53.6 Å². The molecule has 1 amide bonds. The fraction of sp³-hybridized carbons (Fsp3) is 0.409. The summed E-state index contributed by atoms with van der Waals surface area (Å²) in [6.45, 7) is 6.25. The number of methoxy groups -OCH3 is 2. The first-order chi connectivity index (χ1) is 13.7. The Morgan fingerprint density at radius 3 is 2.46 bits per heavy atom. The lowest BCUT2D eigenvalue weighted by atomic mass is 10.1. The number of carbonyl (C=O) groups excluding carboxylic acids is 1. The summed E-state index contributed by atoms with van der Waals surface area (Å²) in [6.07, 6.45) is 0. The van der Waals surface area contributed by atoms with Crippen molar-refractivity contribution in [2.75, 3.05) is 58.4 Å². The molecule has 2 aliphatic rings. The lowest BCUT2D eigenvalue weighted by Gasteiger charge is -2.37. The predicted molar refractivity (Wildman–Crippen MR) is 109 cm³/mol. The van der Waals surface area contributed by atoms with Gasteiger partial charge in [0.05, 0.1) is 19.9 Å². The molecule has 4 rings (SSSR count). The van der Waals surface area contributed by atoms with E-state index in [9.17, 15) is 4.79 Å². The zero-order chi connectivity index (χ0) is 19.5. The van der Waals surface area contributed by atoms with E-state index < -0.39 is 0 Å². The Morgan fingerprint density at radius 2 is 1.71 bits per heavy atom. The Kier molecular flexibility index (Phi) is 5.39. The summed E-state index contributed by atoms with van der Waals surface area (Å²) in [6, 6.07) is 13.9. The first kappa shape index (κ1) is 18.6. The fourth-order valence-corrected chi connectivity index (χ4v) is 4.01. The molecular formula is C22H27N3O3. The minimum Gasteiger partial charge on any atom is -0.497 e. The second-order valence-electron chi connectivity index (χ2n) is 7.25. The lowest BCUT2D eigenvalue weighted by molar-refractivity contribution is 0.0756. The second kappa shape index (κ2) is 8.10. The van der Waals surface area contributed by atoms with Gasteiger partial charge in [0, 0.05) is 51.4 Å². The van der Waals surface area contributed by atoms with E-state index >= 15 is 0 Å². The van der Waals surface area contributed by atoms with Crippen LogP contribution >= 0.6 is 0 Å². The van der Waals surface area contributed by atoms with Crippen LogP contribution in [0.4, 0.5) is 5.69 Å². The number of piperazine rings is 1. The van der Waals surface area contributed by atoms with Crippen LogP contribution in [0.25, 0.3) is 0 Å². The van der Waals surface area contributed by atoms with Gasteiger partial charge in [-0.1, -0.05) is 18.2 Å². The Hall–Kier alpha value is -2.73. The van der Waals surface area contributed by atoms with Crippen LogP contribution in [0.5, 0.6) is 11.5 Å². The highest BCUT2D eigenvalue weighted by atomic mass is 16.5. The number of fused-ring (bicyclic) bond motifs is 1. The Labute approximate surface area is 166 Å². The second-order valence-corrected chi connectivity index (χ2v) is 7.25. The van der Waals surface area contributed by atoms with E-state index in [0.717, 1.165) is 67.6 Å². The molecule has 0 unspecified atom stereocenters. The van der Waals surface area contributed by atoms with Gasteiger partial charge in [-0.3, -0.25) is 9.69 Å². The van der Waals surface area contributed by atoms with Crippen LogP contribution in [0, 0.1) is 0 Å². The van der Waals surface area contributed by atoms with Crippen molar-refractivity contribution < 1.29 is 14.3 Å². The maximum absolute atomic E-state index is 12.7. The van der Waals surface area contributed by atoms with Crippen LogP contribution < -0.4 is 14.4 Å². The average molecular weight is 381 g/mol. The highest BCUT2D eigenvalue weighted by molar-refractivity contribution is 5.98. The van der Waals surface area contributed by atoms with Crippen LogP contribution in [0.2, 0.25) is 0 Å². The first-order valence-electron chi connectivity index (χ1n) is 9.76. The summed E-state index contributed by atoms with van der Waals surface area (Å²) in [7, 11) is 3.35. The third-order valence-corrected chi connectivity index (χ3v) is 5.68. The zero-order valence-corrected chi connectivity index (χ0v) is 16.6. The van der Waals surface area contributed by atoms with Crippen molar-refractivity contribution in [3.8, 4) is 11.5 Å². The SMILES string of the molecule is COc1ccc2c(c1)C(=O)N(CCN1CCN(c3ccccc3OC)CC1)C2. The Balaban J connectivity index is 1.30. The van der Waals surface area contributed by atoms with Crippen LogP contribution in [0.3, 0.4) is 0 Å². The lowest BCUT2D eigenvalue weighted by Crippen LogP contribution is -2.48. The van der Waals surface area contributed by atoms with E-state index in [2.05, 4.69) is 21.9 Å². The molecule has 0 aromatic heterocycles. The van der Waals surface area contributed by atoms with Gasteiger partial charge in [-0.2, -0.15) is 0 Å². The number of anilines is 1. The van der Waals surface area contributed by atoms with Crippen LogP contribution in [-0.2, 0) is 6.54 Å². The minimum atomic E-state index is 0.113. The highest BCUT2D eigenvalue weighted by Crippen LogP contribution is 2.29. The smallest absolute Gasteiger partial charge is 0.254 e. The van der Waals surface area contributed by atoms with Gasteiger partial charge >= 0.3 is 0 Å². The molecule has 0 saturated carbocycles. The maximum atomic E-state index is 12.7. The van der Waals surface area contributed by atoms with Crippen molar-refractivity contribution in [1.82, 2.24) is 9.80 Å². The van der Waals surface area contributed by atoms with Crippen molar-refractivity contribution in [2.45, 2.75) is 6.54 Å². The van der Waals surface area contributed by atoms with Gasteiger partial charge in [0.25, 0.3) is 5.91 Å². The van der Waals surface area contributed by atoms with E-state index in [1.807, 2.05) is 35.2 Å². The van der Waals surface area contributed by atoms with Crippen molar-refractivity contribution in [2.24, 2.45) is 0 Å². The summed E-state index contributed by atoms with van der Waals surface area (Å²) in [4.78, 5) is 19.4. The number of benzene rings is 2. The highest BCUT2D eigenvalue weighted by Gasteiger charge is 2.28. The summed E-state index contributed by atoms with van der Waals surface area (Å²) in [5, 5.41) is 0. The number of amides is 1. The predicted octanol–water partition coefficient (Wildman–Crippen LogP) is 2.48. The van der Waals surface area contributed by atoms with Gasteiger partial charge in [-0.15, -0.1) is 0 Å². The van der Waals surface area contributed by atoms with E-state index in [-0.39, 0.29) is 5.91 Å². The molecule has 0 bridgehead atoms. The molecule has 2 aromatic rings. The third-order valence-electron chi connectivity index (χ3n) is 5.68. The van der Waals surface area contributed by atoms with Crippen molar-refractivity contribution in [1.29, 1.82) is 0 Å². The molecule has 28 heavy (non-hydrogen) atoms. The van der Waals surface area contributed by atoms with Crippen LogP contribution in [0.15, 0.2) is 42.5 Å². The van der Waals surface area contributed by atoms with Gasteiger partial charge in [0.2, 0.25) is 0 Å². The van der Waals surface area contributed by atoms with Crippen LogP contribution in [-0.4, -0.2) is 69.2 Å². The van der Waals surface area contributed by atoms with Crippen LogP contribution in [0.1, 0.15) is 15.9 Å². The number of rotatable bonds is 6. The monoisotopic (exact) mass is 381 g/mol. The van der Waals surface area contributed by atoms with Gasteiger partial charge < -0.3 is 19.3 Å². The van der Waals surface area contributed by atoms with E-state index in [4.69, 9.17) is 9.47 Å². The molecule has 2 heterocycles. The Bertz CT molecular complexity index is 847. The molecule has 1 fully saturated rings. The fourth-order valence-electron chi connectivity index (χ4n) is 4.01. The largest absolute Gasteiger partial charge is 0.497 e. The molecule has 0 radical (unpaired) electrons. The number of carbonyl (C=O) groups is 1. The normalized spacial score (nSPS) is 17.0. The summed E-state index contributed by atoms with van der Waals surface area (Å²) < 4.78 is 10.7. The number of ether oxygens (including phenoxy) is 2. The van der Waals surface area contributed by atoms with Crippen molar-refractivity contribution in [3.63, 3.8) is 0 Å². The Morgan fingerprint density at radius 1 is 0.929 bits per heavy atom. The number of para-hydroxylation sites is 2. The van der Waals surface area contributed by atoms with E-state index in [0.29, 0.717) is 6.54 Å². The molecule has 148 valence electrons. The van der Waals surface area contributed by atoms with Gasteiger partial charge in [-0.25, -0.2) is 0 Å². The van der Waals surface area contributed by atoms with Gasteiger partial charge in [0.15, 0.2) is 0 Å². The standard InChI is InChI=1S/C22H27N3O3/c1-27-18-8-7-17-16-25(22(26)19(17)15-18)14-11-23-9-12-24(13-10-23)20-5-3-4-6-21(20)28-2/h3-8,15H,9-14,16H2,1-2H3. The molecule has 2 aliphatic heterocycles. The molecule has 0 aliphatic carbocycles. The summed E-state index contributed by atoms with van der Waals surface area (Å²) >= 11 is 0. The number of hydrogen-bond donors (Lipinski definition) is 0. The number of hydrogen-bond acceptors (Lipinski definition) is 5. The molecule has 6 nitrogen and oxygen atoms in total. The maximum Gasteiger partial charge on any atom is 0.254 e. The molecule has 0 spiro atoms. The topological polar surface area (TPSA) is 45.2 Å². The molecule has 2 aromatic carbocycles. The quantitative estimate of drug-likeness (QED) is 0.769. The van der Waals surface area contributed by atoms with E-state index in [1.165, 1.54) is 0 Å². The molecule has 6 heteroatoms. The number of nitrogens with zero attached hydrogens (tertiary/aromatic N) is 3. The molecule has 0 N–H and O–H groups in total. The first-order valence-corrected chi connectivity index (χ1v) is 9.76. The molecule has 1 saturated heterocycles. The van der Waals surface area contributed by atoms with E-state index in [1.54, 1.807) is 14.2 Å². The minimum absolute atomic E-state index is 0.113. The van der Waals surface area contributed by atoms with Gasteiger partial charge in [0.1, 0.15) is 11.5 Å². The average Bonchev–Trinajstić information content (AvgIpc) is 3.07. The third kappa shape index (κ3) is 3.64. The zero-order valence-electron chi connectivity index (χ0n) is 16.6. The van der Waals surface area contributed by atoms with Gasteiger partial charge in [-0.05, 0) is 29.8 Å². The molecule has 0 atom stereocenters. The summed E-state index contributed by atoms with van der Waals surface area (Å²) in [5.74, 6) is 1.77.